The third-order valence-electron chi connectivity index (χ3n) is 2.88. The minimum absolute atomic E-state index is 0.0176. The van der Waals surface area contributed by atoms with Gasteiger partial charge in [0.05, 0.1) is 15.4 Å². The van der Waals surface area contributed by atoms with E-state index in [-0.39, 0.29) is 12.1 Å². The molecule has 12 heteroatoms. The first-order chi connectivity index (χ1) is 11.5. The van der Waals surface area contributed by atoms with Crippen LogP contribution in [0, 0.1) is 31.9 Å². The van der Waals surface area contributed by atoms with E-state index in [1.807, 2.05) is 0 Å². The summed E-state index contributed by atoms with van der Waals surface area (Å²) in [6.45, 7) is 0. The quantitative estimate of drug-likeness (QED) is 0.449. The lowest BCUT2D eigenvalue weighted by Crippen LogP contribution is -2.08. The molecule has 0 aromatic heterocycles. The summed E-state index contributed by atoms with van der Waals surface area (Å²) < 4.78 is 69.4. The maximum absolute atomic E-state index is 13.6. The van der Waals surface area contributed by atoms with E-state index in [1.54, 1.807) is 0 Å². The van der Waals surface area contributed by atoms with E-state index in [9.17, 15) is 42.2 Å². The molecule has 132 valence electrons. The molecule has 2 rings (SSSR count). The summed E-state index contributed by atoms with van der Waals surface area (Å²) in [5.41, 5.74) is -4.45. The smallest absolute Gasteiger partial charge is 0.416 e. The van der Waals surface area contributed by atoms with Gasteiger partial charge >= 0.3 is 17.6 Å². The zero-order valence-corrected chi connectivity index (χ0v) is 11.7. The Morgan fingerprint density at radius 2 is 1.44 bits per heavy atom. The fourth-order valence-corrected chi connectivity index (χ4v) is 1.81. The van der Waals surface area contributed by atoms with Gasteiger partial charge in [-0.1, -0.05) is 0 Å². The molecule has 0 spiro atoms. The van der Waals surface area contributed by atoms with Crippen LogP contribution in [0.1, 0.15) is 5.56 Å². The molecule has 0 fully saturated rings. The summed E-state index contributed by atoms with van der Waals surface area (Å²) in [6.07, 6.45) is -5.10. The van der Waals surface area contributed by atoms with Gasteiger partial charge in [0.15, 0.2) is 11.6 Å². The molecule has 0 heterocycles. The third kappa shape index (κ3) is 3.79. The Bertz CT molecular complexity index is 833. The molecule has 0 saturated heterocycles. The Morgan fingerprint density at radius 1 is 0.920 bits per heavy atom. The van der Waals surface area contributed by atoms with Crippen molar-refractivity contribution in [2.75, 3.05) is 0 Å². The second-order valence-corrected chi connectivity index (χ2v) is 4.53. The highest BCUT2D eigenvalue weighted by molar-refractivity contribution is 5.63. The minimum Gasteiger partial charge on any atom is -0.441 e. The molecule has 0 bridgehead atoms. The van der Waals surface area contributed by atoms with Gasteiger partial charge in [0.2, 0.25) is 0 Å². The van der Waals surface area contributed by atoms with Crippen molar-refractivity contribution in [3.8, 4) is 11.5 Å². The lowest BCUT2D eigenvalue weighted by Gasteiger charge is -2.11. The summed E-state index contributed by atoms with van der Waals surface area (Å²) in [5.74, 6) is -4.44. The molecular formula is C13H5F5N2O5. The van der Waals surface area contributed by atoms with Crippen molar-refractivity contribution in [2.24, 2.45) is 0 Å². The number of rotatable bonds is 4. The largest absolute Gasteiger partial charge is 0.441 e. The zero-order valence-electron chi connectivity index (χ0n) is 11.7. The van der Waals surface area contributed by atoms with Gasteiger partial charge < -0.3 is 4.74 Å². The first-order valence-corrected chi connectivity index (χ1v) is 6.17. The third-order valence-corrected chi connectivity index (χ3v) is 2.88. The molecule has 0 aliphatic rings. The van der Waals surface area contributed by atoms with Gasteiger partial charge in [-0.2, -0.15) is 13.2 Å². The molecule has 0 aliphatic carbocycles. The second-order valence-electron chi connectivity index (χ2n) is 4.53. The first kappa shape index (κ1) is 18.0. The zero-order chi connectivity index (χ0) is 18.9. The highest BCUT2D eigenvalue weighted by atomic mass is 19.4. The summed E-state index contributed by atoms with van der Waals surface area (Å²) in [4.78, 5) is 19.3. The molecule has 2 aromatic rings. The van der Waals surface area contributed by atoms with Crippen molar-refractivity contribution in [3.05, 3.63) is 67.8 Å². The fourth-order valence-electron chi connectivity index (χ4n) is 1.81. The number of halogens is 5. The predicted octanol–water partition coefficient (Wildman–Crippen LogP) is 4.59. The minimum atomic E-state index is -5.10. The number of ether oxygens (including phenoxy) is 1. The van der Waals surface area contributed by atoms with Crippen LogP contribution < -0.4 is 4.74 Å². The number of benzene rings is 2. The first-order valence-electron chi connectivity index (χ1n) is 6.17. The Kier molecular flexibility index (Phi) is 4.54. The molecule has 0 radical (unpaired) electrons. The summed E-state index contributed by atoms with van der Waals surface area (Å²) >= 11 is 0. The molecule has 0 unspecified atom stereocenters. The number of alkyl halides is 3. The number of nitrogens with zero attached hydrogens (tertiary/aromatic N) is 2. The van der Waals surface area contributed by atoms with E-state index in [1.165, 1.54) is 0 Å². The van der Waals surface area contributed by atoms with Crippen LogP contribution in [-0.4, -0.2) is 9.85 Å². The molecule has 0 N–H and O–H groups in total. The second kappa shape index (κ2) is 6.30. The van der Waals surface area contributed by atoms with Crippen LogP contribution in [0.2, 0.25) is 0 Å². The van der Waals surface area contributed by atoms with Crippen LogP contribution in [0.3, 0.4) is 0 Å². The van der Waals surface area contributed by atoms with Crippen molar-refractivity contribution in [1.29, 1.82) is 0 Å². The van der Waals surface area contributed by atoms with E-state index in [2.05, 4.69) is 0 Å². The molecule has 7 nitrogen and oxygen atoms in total. The van der Waals surface area contributed by atoms with Gasteiger partial charge in [-0.05, 0) is 12.1 Å². The molecule has 0 saturated carbocycles. The van der Waals surface area contributed by atoms with Crippen LogP contribution in [-0.2, 0) is 6.18 Å². The van der Waals surface area contributed by atoms with Crippen LogP contribution >= 0.6 is 0 Å². The van der Waals surface area contributed by atoms with Crippen LogP contribution in [0.5, 0.6) is 11.5 Å². The highest BCUT2D eigenvalue weighted by Gasteiger charge is 2.38. The van der Waals surface area contributed by atoms with Gasteiger partial charge in [0.1, 0.15) is 5.82 Å². The molecule has 0 aliphatic heterocycles. The normalized spacial score (nSPS) is 11.2. The average Bonchev–Trinajstić information content (AvgIpc) is 2.48. The molecule has 25 heavy (non-hydrogen) atoms. The van der Waals surface area contributed by atoms with Crippen molar-refractivity contribution >= 4 is 11.4 Å². The Morgan fingerprint density at radius 3 is 1.84 bits per heavy atom. The number of hydrogen-bond donors (Lipinski definition) is 0. The molecule has 0 amide bonds. The lowest BCUT2D eigenvalue weighted by molar-refractivity contribution is -0.396. The summed E-state index contributed by atoms with van der Waals surface area (Å²) in [6, 6.07) is 1.74. The lowest BCUT2D eigenvalue weighted by atomic mass is 10.1. The summed E-state index contributed by atoms with van der Waals surface area (Å²) in [5, 5.41) is 22.0. The predicted molar refractivity (Wildman–Crippen MR) is 71.2 cm³/mol. The molecule has 0 atom stereocenters. The van der Waals surface area contributed by atoms with Crippen molar-refractivity contribution in [3.63, 3.8) is 0 Å². The average molecular weight is 364 g/mol. The van der Waals surface area contributed by atoms with Gasteiger partial charge in [-0.15, -0.1) is 0 Å². The Labute approximate surface area is 134 Å². The Hall–Kier alpha value is -3.31. The van der Waals surface area contributed by atoms with Crippen molar-refractivity contribution in [2.45, 2.75) is 6.18 Å². The SMILES string of the molecule is O=[N+]([O-])c1cc(C(F)(F)F)cc([N+](=O)[O-])c1Oc1ccc(F)cc1F. The standard InChI is InChI=1S/C13H5F5N2O5/c14-7-1-2-11(8(15)5-7)25-12-9(19(21)22)3-6(13(16,17)18)4-10(12)20(23)24/h1-5H. The van der Waals surface area contributed by atoms with Crippen molar-refractivity contribution in [1.82, 2.24) is 0 Å². The van der Waals surface area contributed by atoms with Crippen LogP contribution in [0.15, 0.2) is 30.3 Å². The monoisotopic (exact) mass is 364 g/mol. The van der Waals surface area contributed by atoms with Crippen molar-refractivity contribution < 1.29 is 36.5 Å². The summed E-state index contributed by atoms with van der Waals surface area (Å²) in [7, 11) is 0. The van der Waals surface area contributed by atoms with E-state index in [0.717, 1.165) is 0 Å². The maximum atomic E-state index is 13.6. The molecule has 2 aromatic carbocycles. The van der Waals surface area contributed by atoms with E-state index in [0.29, 0.717) is 18.2 Å². The number of hydrogen-bond acceptors (Lipinski definition) is 5. The maximum Gasteiger partial charge on any atom is 0.416 e. The van der Waals surface area contributed by atoms with Gasteiger partial charge in [0, 0.05) is 18.2 Å². The highest BCUT2D eigenvalue weighted by Crippen LogP contribution is 2.44. The van der Waals surface area contributed by atoms with Gasteiger partial charge in [0.25, 0.3) is 5.75 Å². The van der Waals surface area contributed by atoms with E-state index in [4.69, 9.17) is 4.74 Å². The number of nitro benzene ring substituents is 2. The number of nitro groups is 2. The van der Waals surface area contributed by atoms with Crippen LogP contribution in [0.4, 0.5) is 33.3 Å². The van der Waals surface area contributed by atoms with Gasteiger partial charge in [-0.25, -0.2) is 8.78 Å². The van der Waals surface area contributed by atoms with E-state index < -0.39 is 56.1 Å². The molecular weight excluding hydrogens is 359 g/mol. The van der Waals surface area contributed by atoms with E-state index >= 15 is 0 Å². The van der Waals surface area contributed by atoms with Gasteiger partial charge in [-0.3, -0.25) is 20.2 Å². The fraction of sp³-hybridized carbons (Fsp3) is 0.0769. The van der Waals surface area contributed by atoms with Crippen LogP contribution in [0.25, 0.3) is 0 Å². The Balaban J connectivity index is 2.70. The topological polar surface area (TPSA) is 95.5 Å².